The van der Waals surface area contributed by atoms with Crippen molar-refractivity contribution in [2.75, 3.05) is 6.54 Å². The zero-order chi connectivity index (χ0) is 19.1. The molecule has 1 aliphatic heterocycles. The Labute approximate surface area is 184 Å². The first kappa shape index (κ1) is 22.3. The summed E-state index contributed by atoms with van der Waals surface area (Å²) >= 11 is 8.57. The minimum atomic E-state index is -0.491. The van der Waals surface area contributed by atoms with Crippen LogP contribution in [-0.4, -0.2) is 27.7 Å². The summed E-state index contributed by atoms with van der Waals surface area (Å²) in [5.74, 6) is 1.74. The van der Waals surface area contributed by atoms with Gasteiger partial charge in [0.2, 0.25) is 0 Å². The predicted octanol–water partition coefficient (Wildman–Crippen LogP) is 6.54. The number of aliphatic hydroxyl groups excluding tert-OH is 1. The van der Waals surface area contributed by atoms with Crippen LogP contribution in [0.2, 0.25) is 5.02 Å². The van der Waals surface area contributed by atoms with Crippen LogP contribution in [0.3, 0.4) is 0 Å². The number of aliphatic hydroxyl groups is 1. The smallest absolute Gasteiger partial charge is 0.121 e. The van der Waals surface area contributed by atoms with Crippen LogP contribution in [0.25, 0.3) is 0 Å². The molecule has 6 heteroatoms. The fourth-order valence-corrected chi connectivity index (χ4v) is 5.83. The molecule has 2 aliphatic carbocycles. The van der Waals surface area contributed by atoms with Crippen LogP contribution in [0, 0.1) is 11.8 Å². The Morgan fingerprint density at radius 3 is 2.39 bits per heavy atom. The summed E-state index contributed by atoms with van der Waals surface area (Å²) in [6.07, 6.45) is 8.54. The van der Waals surface area contributed by atoms with E-state index in [1.165, 1.54) is 30.6 Å². The summed E-state index contributed by atoms with van der Waals surface area (Å²) in [5, 5.41) is 16.0. The third-order valence-electron chi connectivity index (χ3n) is 5.93. The van der Waals surface area contributed by atoms with Gasteiger partial charge in [0, 0.05) is 34.3 Å². The number of rotatable bonds is 8. The quantitative estimate of drug-likeness (QED) is 0.494. The maximum absolute atomic E-state index is 9.87. The molecule has 0 bridgehead atoms. The molecule has 0 saturated heterocycles. The third kappa shape index (κ3) is 4.67. The maximum Gasteiger partial charge on any atom is 0.121 e. The van der Waals surface area contributed by atoms with E-state index in [4.69, 9.17) is 11.6 Å². The molecule has 0 spiro atoms. The Bertz CT molecular complexity index is 706. The van der Waals surface area contributed by atoms with Crippen LogP contribution in [0.4, 0.5) is 0 Å². The van der Waals surface area contributed by atoms with Crippen molar-refractivity contribution < 1.29 is 5.11 Å². The molecule has 2 fully saturated rings. The van der Waals surface area contributed by atoms with E-state index < -0.39 is 6.10 Å². The molecule has 0 amide bonds. The molecular weight excluding hydrogens is 411 g/mol. The maximum atomic E-state index is 9.87. The average molecular weight is 443 g/mol. The van der Waals surface area contributed by atoms with Gasteiger partial charge in [0.15, 0.2) is 0 Å². The summed E-state index contributed by atoms with van der Waals surface area (Å²) in [5.41, 5.74) is 2.02. The van der Waals surface area contributed by atoms with Crippen molar-refractivity contribution in [2.24, 2.45) is 11.8 Å². The van der Waals surface area contributed by atoms with Crippen LogP contribution in [0.5, 0.6) is 0 Å². The van der Waals surface area contributed by atoms with Gasteiger partial charge in [-0.3, -0.25) is 5.01 Å². The van der Waals surface area contributed by atoms with E-state index in [0.717, 1.165) is 41.0 Å². The van der Waals surface area contributed by atoms with Gasteiger partial charge in [-0.05, 0) is 69.4 Å². The van der Waals surface area contributed by atoms with Gasteiger partial charge in [-0.15, -0.1) is 12.4 Å². The average Bonchev–Trinajstić information content (AvgIpc) is 3.54. The van der Waals surface area contributed by atoms with E-state index in [1.54, 1.807) is 6.92 Å². The highest BCUT2D eigenvalue weighted by atomic mass is 35.5. The second-order valence-corrected chi connectivity index (χ2v) is 10.1. The lowest BCUT2D eigenvalue weighted by Gasteiger charge is -2.42. The molecule has 28 heavy (non-hydrogen) atoms. The van der Waals surface area contributed by atoms with Gasteiger partial charge in [-0.1, -0.05) is 42.4 Å². The van der Waals surface area contributed by atoms with Crippen LogP contribution in [-0.2, 0) is 0 Å². The molecule has 1 aromatic rings. The van der Waals surface area contributed by atoms with Gasteiger partial charge in [0.05, 0.1) is 6.10 Å². The molecule has 1 N–H and O–H groups in total. The highest BCUT2D eigenvalue weighted by Crippen LogP contribution is 2.52. The van der Waals surface area contributed by atoms with Crippen molar-refractivity contribution in [1.82, 2.24) is 10.0 Å². The lowest BCUT2D eigenvalue weighted by atomic mass is 10.1. The highest BCUT2D eigenvalue weighted by molar-refractivity contribution is 8.03. The predicted molar refractivity (Wildman–Crippen MR) is 121 cm³/mol. The van der Waals surface area contributed by atoms with Crippen LogP contribution < -0.4 is 0 Å². The molecule has 3 aliphatic rings. The number of nitrogens with zero attached hydrogens (tertiary/aromatic N) is 2. The fourth-order valence-electron chi connectivity index (χ4n) is 4.33. The number of thioether (sulfide) groups is 1. The number of halogens is 2. The first-order chi connectivity index (χ1) is 13.0. The molecule has 4 rings (SSSR count). The Hall–Kier alpha value is -0.390. The van der Waals surface area contributed by atoms with E-state index in [-0.39, 0.29) is 17.8 Å². The van der Waals surface area contributed by atoms with Crippen molar-refractivity contribution >= 4 is 35.8 Å². The van der Waals surface area contributed by atoms with Crippen LogP contribution in [0.15, 0.2) is 29.3 Å². The summed E-state index contributed by atoms with van der Waals surface area (Å²) in [6.45, 7) is 7.36. The Morgan fingerprint density at radius 2 is 1.89 bits per heavy atom. The minimum absolute atomic E-state index is 0. The lowest BCUT2D eigenvalue weighted by molar-refractivity contribution is -0.0444. The van der Waals surface area contributed by atoms with Crippen LogP contribution in [0.1, 0.15) is 75.5 Å². The van der Waals surface area contributed by atoms with Gasteiger partial charge >= 0.3 is 0 Å². The molecular formula is C22H32Cl2N2OS. The van der Waals surface area contributed by atoms with Crippen molar-refractivity contribution in [3.05, 3.63) is 45.5 Å². The summed E-state index contributed by atoms with van der Waals surface area (Å²) < 4.78 is 0. The summed E-state index contributed by atoms with van der Waals surface area (Å²) in [7, 11) is 0. The third-order valence-corrected chi connectivity index (χ3v) is 7.43. The monoisotopic (exact) mass is 442 g/mol. The van der Waals surface area contributed by atoms with Crippen molar-refractivity contribution in [2.45, 2.75) is 70.4 Å². The van der Waals surface area contributed by atoms with Gasteiger partial charge in [0.25, 0.3) is 0 Å². The molecule has 156 valence electrons. The normalized spacial score (nSPS) is 23.2. The zero-order valence-corrected chi connectivity index (χ0v) is 19.4. The lowest BCUT2D eigenvalue weighted by Crippen LogP contribution is -2.48. The van der Waals surface area contributed by atoms with E-state index in [0.29, 0.717) is 6.04 Å². The van der Waals surface area contributed by atoms with Gasteiger partial charge in [-0.25, -0.2) is 5.01 Å². The van der Waals surface area contributed by atoms with Crippen LogP contribution >= 0.6 is 35.8 Å². The van der Waals surface area contributed by atoms with E-state index >= 15 is 0 Å². The molecule has 2 atom stereocenters. The summed E-state index contributed by atoms with van der Waals surface area (Å²) in [6, 6.07) is 6.74. The van der Waals surface area contributed by atoms with E-state index in [9.17, 15) is 5.11 Å². The number of hydrogen-bond donors (Lipinski definition) is 1. The SMILES string of the molecule is CCCN(C(C1CC1)C1CC1)N1C=C(C)SC1c1ccc(C(C)O)cc1Cl.Cl. The largest absolute Gasteiger partial charge is 0.389 e. The van der Waals surface area contributed by atoms with Gasteiger partial charge in [0.1, 0.15) is 5.37 Å². The Balaban J connectivity index is 0.00000225. The molecule has 2 unspecified atom stereocenters. The molecule has 1 aromatic carbocycles. The van der Waals surface area contributed by atoms with E-state index in [1.807, 2.05) is 23.9 Å². The summed E-state index contributed by atoms with van der Waals surface area (Å²) in [4.78, 5) is 1.34. The Kier molecular flexibility index (Phi) is 7.31. The van der Waals surface area contributed by atoms with Crippen molar-refractivity contribution in [3.63, 3.8) is 0 Å². The molecule has 3 nitrogen and oxygen atoms in total. The second kappa shape index (κ2) is 9.18. The zero-order valence-electron chi connectivity index (χ0n) is 17.0. The molecule has 1 heterocycles. The van der Waals surface area contributed by atoms with Gasteiger partial charge < -0.3 is 5.11 Å². The van der Waals surface area contributed by atoms with E-state index in [2.05, 4.69) is 36.1 Å². The number of hydrazine groups is 1. The number of hydrogen-bond acceptors (Lipinski definition) is 4. The highest BCUT2D eigenvalue weighted by Gasteiger charge is 2.47. The topological polar surface area (TPSA) is 26.7 Å². The second-order valence-electron chi connectivity index (χ2n) is 8.38. The number of allylic oxidation sites excluding steroid dienone is 1. The fraction of sp³-hybridized carbons (Fsp3) is 0.636. The minimum Gasteiger partial charge on any atom is -0.389 e. The molecule has 0 aromatic heterocycles. The number of benzene rings is 1. The van der Waals surface area contributed by atoms with Gasteiger partial charge in [-0.2, -0.15) is 0 Å². The van der Waals surface area contributed by atoms with Crippen molar-refractivity contribution in [3.8, 4) is 0 Å². The standard InChI is InChI=1S/C22H31ClN2OS.ClH/c1-4-11-24(21(16-5-6-16)17-7-8-17)25-13-14(2)27-22(25)19-10-9-18(15(3)26)12-20(19)23;/h9-10,12-13,15-17,21-22,26H,4-8,11H2,1-3H3;1H. The first-order valence-electron chi connectivity index (χ1n) is 10.4. The molecule has 2 saturated carbocycles. The molecule has 0 radical (unpaired) electrons. The van der Waals surface area contributed by atoms with Crippen molar-refractivity contribution in [1.29, 1.82) is 0 Å². The Morgan fingerprint density at radius 1 is 1.25 bits per heavy atom. The first-order valence-corrected chi connectivity index (χ1v) is 11.6.